The zero-order valence-electron chi connectivity index (χ0n) is 11.9. The molecule has 110 valence electrons. The van der Waals surface area contributed by atoms with Gasteiger partial charge in [0.25, 0.3) is 5.91 Å². The SMILES string of the molecule is CCC(C)Nc1nccc(C(=O)Nc2ccccc2Cl)n1. The Hall–Kier alpha value is -2.14. The lowest BCUT2D eigenvalue weighted by Gasteiger charge is -2.12. The number of amides is 1. The predicted octanol–water partition coefficient (Wildman–Crippen LogP) is 3.59. The smallest absolute Gasteiger partial charge is 0.274 e. The first-order chi connectivity index (χ1) is 10.1. The Kier molecular flexibility index (Phi) is 5.11. The first-order valence-corrected chi connectivity index (χ1v) is 7.13. The third-order valence-electron chi connectivity index (χ3n) is 3.00. The van der Waals surface area contributed by atoms with E-state index in [4.69, 9.17) is 11.6 Å². The Labute approximate surface area is 128 Å². The molecule has 0 spiro atoms. The van der Waals surface area contributed by atoms with Crippen LogP contribution in [-0.4, -0.2) is 21.9 Å². The highest BCUT2D eigenvalue weighted by molar-refractivity contribution is 6.33. The number of benzene rings is 1. The van der Waals surface area contributed by atoms with Gasteiger partial charge < -0.3 is 10.6 Å². The maximum Gasteiger partial charge on any atom is 0.274 e. The zero-order valence-corrected chi connectivity index (χ0v) is 12.7. The monoisotopic (exact) mass is 304 g/mol. The van der Waals surface area contributed by atoms with Gasteiger partial charge in [0.1, 0.15) is 5.69 Å². The van der Waals surface area contributed by atoms with Crippen LogP contribution in [0.3, 0.4) is 0 Å². The molecule has 1 amide bonds. The lowest BCUT2D eigenvalue weighted by Crippen LogP contribution is -2.19. The summed E-state index contributed by atoms with van der Waals surface area (Å²) in [6, 6.07) is 8.86. The molecule has 0 fully saturated rings. The second-order valence-electron chi connectivity index (χ2n) is 4.65. The van der Waals surface area contributed by atoms with E-state index in [2.05, 4.69) is 27.5 Å². The van der Waals surface area contributed by atoms with Gasteiger partial charge in [-0.3, -0.25) is 4.79 Å². The van der Waals surface area contributed by atoms with E-state index in [9.17, 15) is 4.79 Å². The molecule has 1 atom stereocenters. The maximum atomic E-state index is 12.2. The van der Waals surface area contributed by atoms with Crippen LogP contribution in [0.4, 0.5) is 11.6 Å². The molecule has 21 heavy (non-hydrogen) atoms. The maximum absolute atomic E-state index is 12.2. The van der Waals surface area contributed by atoms with Gasteiger partial charge in [-0.05, 0) is 31.5 Å². The van der Waals surface area contributed by atoms with E-state index in [-0.39, 0.29) is 17.6 Å². The molecule has 5 nitrogen and oxygen atoms in total. The molecule has 0 aliphatic rings. The molecule has 0 saturated carbocycles. The van der Waals surface area contributed by atoms with Gasteiger partial charge in [0.05, 0.1) is 10.7 Å². The molecule has 1 aromatic heterocycles. The van der Waals surface area contributed by atoms with Crippen LogP contribution >= 0.6 is 11.6 Å². The number of para-hydroxylation sites is 1. The summed E-state index contributed by atoms with van der Waals surface area (Å²) in [6.45, 7) is 4.09. The number of carbonyl (C=O) groups excluding carboxylic acids is 1. The third-order valence-corrected chi connectivity index (χ3v) is 3.33. The van der Waals surface area contributed by atoms with Crippen molar-refractivity contribution < 1.29 is 4.79 Å². The lowest BCUT2D eigenvalue weighted by atomic mass is 10.3. The second kappa shape index (κ2) is 7.04. The number of hydrogen-bond acceptors (Lipinski definition) is 4. The van der Waals surface area contributed by atoms with Crippen molar-refractivity contribution in [3.8, 4) is 0 Å². The van der Waals surface area contributed by atoms with Gasteiger partial charge >= 0.3 is 0 Å². The van der Waals surface area contributed by atoms with Crippen molar-refractivity contribution in [1.29, 1.82) is 0 Å². The number of hydrogen-bond donors (Lipinski definition) is 2. The summed E-state index contributed by atoms with van der Waals surface area (Å²) in [5.41, 5.74) is 0.843. The van der Waals surface area contributed by atoms with Crippen molar-refractivity contribution >= 4 is 29.1 Å². The molecule has 0 aliphatic carbocycles. The highest BCUT2D eigenvalue weighted by atomic mass is 35.5. The van der Waals surface area contributed by atoms with Crippen molar-refractivity contribution in [2.24, 2.45) is 0 Å². The van der Waals surface area contributed by atoms with Crippen LogP contribution in [0.5, 0.6) is 0 Å². The summed E-state index contributed by atoms with van der Waals surface area (Å²) in [5.74, 6) is 0.119. The van der Waals surface area contributed by atoms with E-state index in [1.54, 1.807) is 36.5 Å². The zero-order chi connectivity index (χ0) is 15.2. The first-order valence-electron chi connectivity index (χ1n) is 6.75. The standard InChI is InChI=1S/C15H17ClN4O/c1-3-10(2)18-15-17-9-8-13(20-15)14(21)19-12-7-5-4-6-11(12)16/h4-10H,3H2,1-2H3,(H,19,21)(H,17,18,20). The third kappa shape index (κ3) is 4.16. The Balaban J connectivity index is 2.12. The largest absolute Gasteiger partial charge is 0.352 e. The van der Waals surface area contributed by atoms with Gasteiger partial charge in [0.15, 0.2) is 0 Å². The van der Waals surface area contributed by atoms with Gasteiger partial charge in [-0.25, -0.2) is 9.97 Å². The van der Waals surface area contributed by atoms with Crippen molar-refractivity contribution in [3.63, 3.8) is 0 Å². The summed E-state index contributed by atoms with van der Waals surface area (Å²) in [6.07, 6.45) is 2.50. The molecule has 0 aliphatic heterocycles. The average molecular weight is 305 g/mol. The van der Waals surface area contributed by atoms with Crippen LogP contribution in [0.1, 0.15) is 30.8 Å². The summed E-state index contributed by atoms with van der Waals surface area (Å²) < 4.78 is 0. The van der Waals surface area contributed by atoms with Gasteiger partial charge in [-0.15, -0.1) is 0 Å². The number of nitrogens with zero attached hydrogens (tertiary/aromatic N) is 2. The number of carbonyl (C=O) groups is 1. The number of halogens is 1. The predicted molar refractivity (Wildman–Crippen MR) is 84.8 cm³/mol. The van der Waals surface area contributed by atoms with Gasteiger partial charge in [0, 0.05) is 12.2 Å². The molecule has 2 aromatic rings. The highest BCUT2D eigenvalue weighted by Gasteiger charge is 2.11. The minimum atomic E-state index is -0.322. The van der Waals surface area contributed by atoms with Crippen LogP contribution < -0.4 is 10.6 Å². The fraction of sp³-hybridized carbons (Fsp3) is 0.267. The Morgan fingerprint density at radius 2 is 2.10 bits per heavy atom. The summed E-state index contributed by atoms with van der Waals surface area (Å²) in [4.78, 5) is 20.5. The molecule has 1 heterocycles. The van der Waals surface area contributed by atoms with Crippen LogP contribution in [-0.2, 0) is 0 Å². The Morgan fingerprint density at radius 3 is 2.81 bits per heavy atom. The Morgan fingerprint density at radius 1 is 1.33 bits per heavy atom. The number of nitrogens with one attached hydrogen (secondary N) is 2. The molecule has 0 saturated heterocycles. The molecule has 2 N–H and O–H groups in total. The van der Waals surface area contributed by atoms with Gasteiger partial charge in [-0.2, -0.15) is 0 Å². The second-order valence-corrected chi connectivity index (χ2v) is 5.06. The minimum absolute atomic E-state index is 0.242. The van der Waals surface area contributed by atoms with Crippen LogP contribution in [0.15, 0.2) is 36.5 Å². The van der Waals surface area contributed by atoms with E-state index < -0.39 is 0 Å². The molecular formula is C15H17ClN4O. The van der Waals surface area contributed by atoms with Crippen molar-refractivity contribution in [1.82, 2.24) is 9.97 Å². The molecule has 2 rings (SSSR count). The molecule has 1 unspecified atom stereocenters. The normalized spacial score (nSPS) is 11.8. The number of aromatic nitrogens is 2. The summed E-state index contributed by atoms with van der Waals surface area (Å²) in [7, 11) is 0. The van der Waals surface area contributed by atoms with Gasteiger partial charge in [0.2, 0.25) is 5.95 Å². The fourth-order valence-electron chi connectivity index (χ4n) is 1.63. The van der Waals surface area contributed by atoms with E-state index in [1.165, 1.54) is 0 Å². The van der Waals surface area contributed by atoms with Crippen LogP contribution in [0, 0.1) is 0 Å². The van der Waals surface area contributed by atoms with E-state index in [0.29, 0.717) is 16.7 Å². The number of anilines is 2. The first kappa shape index (κ1) is 15.3. The molecular weight excluding hydrogens is 288 g/mol. The average Bonchev–Trinajstić information content (AvgIpc) is 2.49. The van der Waals surface area contributed by atoms with Crippen LogP contribution in [0.2, 0.25) is 5.02 Å². The molecule has 6 heteroatoms. The lowest BCUT2D eigenvalue weighted by molar-refractivity contribution is 0.102. The summed E-state index contributed by atoms with van der Waals surface area (Å²) in [5, 5.41) is 6.35. The van der Waals surface area contributed by atoms with Gasteiger partial charge in [-0.1, -0.05) is 30.7 Å². The van der Waals surface area contributed by atoms with Crippen LogP contribution in [0.25, 0.3) is 0 Å². The molecule has 0 bridgehead atoms. The van der Waals surface area contributed by atoms with E-state index >= 15 is 0 Å². The van der Waals surface area contributed by atoms with E-state index in [1.807, 2.05) is 6.92 Å². The summed E-state index contributed by atoms with van der Waals surface area (Å²) >= 11 is 6.01. The van der Waals surface area contributed by atoms with E-state index in [0.717, 1.165) is 6.42 Å². The van der Waals surface area contributed by atoms with Crippen molar-refractivity contribution in [2.75, 3.05) is 10.6 Å². The molecule has 1 aromatic carbocycles. The minimum Gasteiger partial charge on any atom is -0.352 e. The molecule has 0 radical (unpaired) electrons. The fourth-order valence-corrected chi connectivity index (χ4v) is 1.81. The van der Waals surface area contributed by atoms with Crippen molar-refractivity contribution in [2.45, 2.75) is 26.3 Å². The number of rotatable bonds is 5. The Bertz CT molecular complexity index is 633. The quantitative estimate of drug-likeness (QED) is 0.886. The van der Waals surface area contributed by atoms with Crippen molar-refractivity contribution in [3.05, 3.63) is 47.2 Å². The highest BCUT2D eigenvalue weighted by Crippen LogP contribution is 2.21. The topological polar surface area (TPSA) is 66.9 Å².